The van der Waals surface area contributed by atoms with Crippen molar-refractivity contribution in [1.29, 1.82) is 0 Å². The summed E-state index contributed by atoms with van der Waals surface area (Å²) < 4.78 is 27.8. The van der Waals surface area contributed by atoms with Gasteiger partial charge in [-0.15, -0.1) is 0 Å². The SMILES string of the molecule is [NH-]C(C[S-])C(=O)O.[NH-]C(C[S-])C(=O)O.[O]=[Mo]1[O][Mo](=[O])[O]1. The number of hydrogen-bond donors (Lipinski definition) is 2. The molecule has 1 aliphatic rings. The summed E-state index contributed by atoms with van der Waals surface area (Å²) in [6.07, 6.45) is 0. The fourth-order valence-corrected chi connectivity index (χ4v) is 3.78. The molecule has 0 aromatic rings. The van der Waals surface area contributed by atoms with Crippen LogP contribution in [0.3, 0.4) is 0 Å². The summed E-state index contributed by atoms with van der Waals surface area (Å²) in [5, 5.41) is 15.9. The van der Waals surface area contributed by atoms with Crippen molar-refractivity contribution in [1.82, 2.24) is 0 Å². The van der Waals surface area contributed by atoms with Crippen molar-refractivity contribution in [2.45, 2.75) is 12.1 Å². The van der Waals surface area contributed by atoms with Gasteiger partial charge in [0.05, 0.1) is 0 Å². The molecular formula is C6H10Mo2N2O8S2-4. The maximum absolute atomic E-state index is 9.76. The molecule has 0 spiro atoms. The number of hydrogen-bond acceptors (Lipinski definition) is 8. The molecular weight excluding hydrogens is 484 g/mol. The van der Waals surface area contributed by atoms with Gasteiger partial charge < -0.3 is 46.9 Å². The van der Waals surface area contributed by atoms with Gasteiger partial charge in [-0.25, -0.2) is 0 Å². The molecule has 1 fully saturated rings. The van der Waals surface area contributed by atoms with Crippen LogP contribution in [0.25, 0.3) is 11.5 Å². The van der Waals surface area contributed by atoms with E-state index < -0.39 is 60.1 Å². The minimum atomic E-state index is -2.75. The first-order chi connectivity index (χ1) is 9.15. The normalized spacial score (nSPS) is 17.4. The number of rotatable bonds is 4. The van der Waals surface area contributed by atoms with E-state index in [9.17, 15) is 16.4 Å². The summed E-state index contributed by atoms with van der Waals surface area (Å²) >= 11 is 3.06. The van der Waals surface area contributed by atoms with Crippen molar-refractivity contribution < 1.29 is 66.8 Å². The van der Waals surface area contributed by atoms with Gasteiger partial charge in [-0.05, 0) is 0 Å². The maximum atomic E-state index is 9.76. The molecule has 0 amide bonds. The van der Waals surface area contributed by atoms with Crippen molar-refractivity contribution in [3.8, 4) is 0 Å². The van der Waals surface area contributed by atoms with E-state index in [2.05, 4.69) is 29.3 Å². The third-order valence-electron chi connectivity index (χ3n) is 1.15. The van der Waals surface area contributed by atoms with Crippen LogP contribution in [-0.2, 0) is 81.8 Å². The predicted molar refractivity (Wildman–Crippen MR) is 59.5 cm³/mol. The minimum absolute atomic E-state index is 0.0324. The zero-order valence-corrected chi connectivity index (χ0v) is 15.2. The van der Waals surface area contributed by atoms with Crippen LogP contribution in [0.5, 0.6) is 0 Å². The van der Waals surface area contributed by atoms with Gasteiger partial charge in [0.15, 0.2) is 0 Å². The average molecular weight is 494 g/mol. The number of carboxylic acids is 2. The van der Waals surface area contributed by atoms with Gasteiger partial charge in [0.25, 0.3) is 11.9 Å². The second-order valence-corrected chi connectivity index (χ2v) is 9.96. The van der Waals surface area contributed by atoms with Crippen LogP contribution in [0.2, 0.25) is 0 Å². The van der Waals surface area contributed by atoms with Gasteiger partial charge >= 0.3 is 47.0 Å². The molecule has 0 aliphatic carbocycles. The standard InChI is InChI=1S/2C3H6NO2S.2Mo.4O/c2*4-2(1-7)3(5)6;;;;;;/h2*2,4,7H,1H2,(H,5,6);;;;;;/q2*-1;;;;;;/p-2. The quantitative estimate of drug-likeness (QED) is 0.390. The van der Waals surface area contributed by atoms with E-state index >= 15 is 0 Å². The number of nitrogens with one attached hydrogen (secondary N) is 2. The summed E-state index contributed by atoms with van der Waals surface area (Å²) in [4.78, 5) is 19.4. The van der Waals surface area contributed by atoms with E-state index in [4.69, 9.17) is 21.7 Å². The van der Waals surface area contributed by atoms with Crippen molar-refractivity contribution in [2.75, 3.05) is 11.5 Å². The second-order valence-electron chi connectivity index (χ2n) is 2.66. The Bertz CT molecular complexity index is 329. The Morgan fingerprint density at radius 3 is 1.20 bits per heavy atom. The first-order valence-corrected chi connectivity index (χ1v) is 10.5. The molecule has 2 unspecified atom stereocenters. The first kappa shape index (κ1) is 22.7. The summed E-state index contributed by atoms with van der Waals surface area (Å²) in [7, 11) is 0. The zero-order valence-electron chi connectivity index (χ0n) is 9.55. The zero-order chi connectivity index (χ0) is 16.3. The number of carboxylic acid groups (broad SMARTS) is 2. The van der Waals surface area contributed by atoms with Crippen LogP contribution < -0.4 is 0 Å². The Labute approximate surface area is 138 Å². The van der Waals surface area contributed by atoms with E-state index in [-0.39, 0.29) is 11.5 Å². The molecule has 0 bridgehead atoms. The first-order valence-electron chi connectivity index (χ1n) is 4.40. The number of carbonyl (C=O) groups is 2. The molecule has 10 nitrogen and oxygen atoms in total. The van der Waals surface area contributed by atoms with E-state index in [0.717, 1.165) is 0 Å². The molecule has 4 N–H and O–H groups in total. The molecule has 120 valence electrons. The molecule has 0 radical (unpaired) electrons. The molecule has 2 atom stereocenters. The van der Waals surface area contributed by atoms with E-state index in [1.54, 1.807) is 0 Å². The molecule has 1 saturated heterocycles. The van der Waals surface area contributed by atoms with Crippen LogP contribution in [-0.4, -0.2) is 45.7 Å². The summed E-state index contributed by atoms with van der Waals surface area (Å²) in [5.74, 6) is -2.35. The van der Waals surface area contributed by atoms with Gasteiger partial charge in [-0.2, -0.15) is 11.5 Å². The van der Waals surface area contributed by atoms with Crippen molar-refractivity contribution in [3.05, 3.63) is 11.5 Å². The van der Waals surface area contributed by atoms with Crippen LogP contribution in [0.15, 0.2) is 0 Å². The summed E-state index contributed by atoms with van der Waals surface area (Å²) in [5.41, 5.74) is 13.1. The molecule has 20 heavy (non-hydrogen) atoms. The Kier molecular flexibility index (Phi) is 14.9. The van der Waals surface area contributed by atoms with E-state index in [0.29, 0.717) is 0 Å². The monoisotopic (exact) mass is 498 g/mol. The van der Waals surface area contributed by atoms with Gasteiger partial charge in [0.2, 0.25) is 0 Å². The molecule has 1 aliphatic heterocycles. The van der Waals surface area contributed by atoms with E-state index in [1.807, 2.05) is 0 Å². The van der Waals surface area contributed by atoms with Crippen molar-refractivity contribution in [3.63, 3.8) is 0 Å². The fraction of sp³-hybridized carbons (Fsp3) is 0.667. The molecule has 0 aromatic heterocycles. The van der Waals surface area contributed by atoms with Gasteiger partial charge in [0.1, 0.15) is 0 Å². The number of aliphatic carboxylic acids is 2. The summed E-state index contributed by atoms with van der Waals surface area (Å²) in [6.45, 7) is 0. The predicted octanol–water partition coefficient (Wildman–Crippen LogP) is -0.302. The Morgan fingerprint density at radius 2 is 1.20 bits per heavy atom. The van der Waals surface area contributed by atoms with Crippen LogP contribution in [0, 0.1) is 0 Å². The molecule has 1 heterocycles. The third-order valence-corrected chi connectivity index (χ3v) is 9.37. The average Bonchev–Trinajstić information content (AvgIpc) is 2.36. The molecule has 0 aromatic carbocycles. The second kappa shape index (κ2) is 13.1. The van der Waals surface area contributed by atoms with Gasteiger partial charge in [-0.1, -0.05) is 12.1 Å². The third kappa shape index (κ3) is 13.4. The molecule has 14 heteroatoms. The van der Waals surface area contributed by atoms with Gasteiger partial charge in [0, 0.05) is 0 Å². The molecule has 1 rings (SSSR count). The Hall–Kier alpha value is 0.457. The van der Waals surface area contributed by atoms with Crippen molar-refractivity contribution >= 4 is 37.2 Å². The van der Waals surface area contributed by atoms with E-state index in [1.165, 1.54) is 0 Å². The van der Waals surface area contributed by atoms with Crippen LogP contribution >= 0.6 is 0 Å². The van der Waals surface area contributed by atoms with Gasteiger partial charge in [-0.3, -0.25) is 9.59 Å². The van der Waals surface area contributed by atoms with Crippen LogP contribution in [0.1, 0.15) is 0 Å². The van der Waals surface area contributed by atoms with Crippen LogP contribution in [0.4, 0.5) is 0 Å². The molecule has 0 saturated carbocycles. The fourth-order valence-electron chi connectivity index (χ4n) is 0.238. The van der Waals surface area contributed by atoms with Crippen molar-refractivity contribution in [2.24, 2.45) is 0 Å². The topological polar surface area (TPSA) is 175 Å². The Morgan fingerprint density at radius 1 is 0.950 bits per heavy atom. The Balaban J connectivity index is 0. The summed E-state index contributed by atoms with van der Waals surface area (Å²) in [6, 6.07) is -2.23.